The molecule has 0 unspecified atom stereocenters. The molecule has 1 rings (SSSR count). The quantitative estimate of drug-likeness (QED) is 0.577. The van der Waals surface area contributed by atoms with Crippen LogP contribution in [0.5, 0.6) is 5.75 Å². The van der Waals surface area contributed by atoms with Crippen molar-refractivity contribution >= 4 is 5.69 Å². The Bertz CT molecular complexity index is 269. The monoisotopic (exact) mass is 209 g/mol. The Balaban J connectivity index is 2.12. The summed E-state index contributed by atoms with van der Waals surface area (Å²) in [5.74, 6) is 1.40. The van der Waals surface area contributed by atoms with Crippen LogP contribution in [0.2, 0.25) is 0 Å². The van der Waals surface area contributed by atoms with Gasteiger partial charge >= 0.3 is 0 Å². The van der Waals surface area contributed by atoms with E-state index < -0.39 is 0 Å². The lowest BCUT2D eigenvalue weighted by molar-refractivity contribution is 0.0819. The van der Waals surface area contributed by atoms with Crippen LogP contribution in [0, 0.1) is 5.92 Å². The standard InChI is InChI=1S/C12H19NO2/c1-10(2)9-14-7-8-15-12-5-3-11(13)4-6-12/h3-6,10H,7-9,13H2,1-2H3. The fraction of sp³-hybridized carbons (Fsp3) is 0.500. The van der Waals surface area contributed by atoms with Crippen LogP contribution >= 0.6 is 0 Å². The summed E-state index contributed by atoms with van der Waals surface area (Å²) < 4.78 is 10.9. The predicted octanol–water partition coefficient (Wildman–Crippen LogP) is 2.32. The van der Waals surface area contributed by atoms with Gasteiger partial charge in [0.05, 0.1) is 6.61 Å². The number of nitrogens with two attached hydrogens (primary N) is 1. The van der Waals surface area contributed by atoms with E-state index in [1.165, 1.54) is 0 Å². The van der Waals surface area contributed by atoms with Crippen molar-refractivity contribution in [3.8, 4) is 5.75 Å². The Kier molecular flexibility index (Phi) is 4.98. The molecule has 0 atom stereocenters. The van der Waals surface area contributed by atoms with E-state index in [1.54, 1.807) is 0 Å². The molecule has 0 amide bonds. The lowest BCUT2D eigenvalue weighted by atomic mass is 10.2. The van der Waals surface area contributed by atoms with Crippen LogP contribution in [0.3, 0.4) is 0 Å². The molecule has 1 aromatic rings. The number of ether oxygens (including phenoxy) is 2. The highest BCUT2D eigenvalue weighted by Crippen LogP contribution is 2.12. The van der Waals surface area contributed by atoms with Crippen molar-refractivity contribution in [3.05, 3.63) is 24.3 Å². The van der Waals surface area contributed by atoms with Gasteiger partial charge in [-0.3, -0.25) is 0 Å². The van der Waals surface area contributed by atoms with Crippen LogP contribution in [-0.2, 0) is 4.74 Å². The molecule has 0 saturated carbocycles. The van der Waals surface area contributed by atoms with E-state index in [4.69, 9.17) is 15.2 Å². The molecule has 0 saturated heterocycles. The van der Waals surface area contributed by atoms with Gasteiger partial charge in [0.2, 0.25) is 0 Å². The smallest absolute Gasteiger partial charge is 0.119 e. The van der Waals surface area contributed by atoms with E-state index in [-0.39, 0.29) is 0 Å². The summed E-state index contributed by atoms with van der Waals surface area (Å²) in [4.78, 5) is 0. The number of anilines is 1. The summed E-state index contributed by atoms with van der Waals surface area (Å²) >= 11 is 0. The van der Waals surface area contributed by atoms with Gasteiger partial charge in [0.1, 0.15) is 12.4 Å². The van der Waals surface area contributed by atoms with E-state index in [2.05, 4.69) is 13.8 Å². The Morgan fingerprint density at radius 1 is 1.13 bits per heavy atom. The zero-order chi connectivity index (χ0) is 11.1. The van der Waals surface area contributed by atoms with Crippen LogP contribution < -0.4 is 10.5 Å². The third-order valence-electron chi connectivity index (χ3n) is 1.83. The molecular formula is C12H19NO2. The van der Waals surface area contributed by atoms with Gasteiger partial charge in [-0.25, -0.2) is 0 Å². The van der Waals surface area contributed by atoms with Crippen molar-refractivity contribution in [1.29, 1.82) is 0 Å². The molecule has 0 aliphatic heterocycles. The minimum atomic E-state index is 0.571. The van der Waals surface area contributed by atoms with Gasteiger partial charge in [0.25, 0.3) is 0 Å². The zero-order valence-electron chi connectivity index (χ0n) is 9.40. The Labute approximate surface area is 91.2 Å². The maximum absolute atomic E-state index is 5.56. The second-order valence-electron chi connectivity index (χ2n) is 3.89. The fourth-order valence-corrected chi connectivity index (χ4v) is 1.10. The third-order valence-corrected chi connectivity index (χ3v) is 1.83. The molecule has 0 aliphatic rings. The summed E-state index contributed by atoms with van der Waals surface area (Å²) in [5.41, 5.74) is 6.30. The first-order valence-electron chi connectivity index (χ1n) is 5.24. The van der Waals surface area contributed by atoms with Crippen LogP contribution in [-0.4, -0.2) is 19.8 Å². The molecular weight excluding hydrogens is 190 g/mol. The predicted molar refractivity (Wildman–Crippen MR) is 62.0 cm³/mol. The molecule has 2 N–H and O–H groups in total. The maximum Gasteiger partial charge on any atom is 0.119 e. The van der Waals surface area contributed by atoms with Gasteiger partial charge in [-0.1, -0.05) is 13.8 Å². The number of hydrogen-bond donors (Lipinski definition) is 1. The summed E-state index contributed by atoms with van der Waals surface area (Å²) in [5, 5.41) is 0. The molecule has 3 heteroatoms. The molecule has 1 aromatic carbocycles. The Morgan fingerprint density at radius 2 is 1.80 bits per heavy atom. The maximum atomic E-state index is 5.56. The first-order valence-corrected chi connectivity index (χ1v) is 5.24. The first-order chi connectivity index (χ1) is 7.18. The van der Waals surface area contributed by atoms with Crippen LogP contribution in [0.1, 0.15) is 13.8 Å². The summed E-state index contributed by atoms with van der Waals surface area (Å²) in [6, 6.07) is 7.37. The van der Waals surface area contributed by atoms with Gasteiger partial charge < -0.3 is 15.2 Å². The van der Waals surface area contributed by atoms with Gasteiger partial charge in [-0.15, -0.1) is 0 Å². The Morgan fingerprint density at radius 3 is 2.40 bits per heavy atom. The van der Waals surface area contributed by atoms with Gasteiger partial charge in [0, 0.05) is 12.3 Å². The van der Waals surface area contributed by atoms with E-state index >= 15 is 0 Å². The molecule has 15 heavy (non-hydrogen) atoms. The van der Waals surface area contributed by atoms with Crippen molar-refractivity contribution in [1.82, 2.24) is 0 Å². The van der Waals surface area contributed by atoms with Crippen molar-refractivity contribution in [2.45, 2.75) is 13.8 Å². The molecule has 3 nitrogen and oxygen atoms in total. The van der Waals surface area contributed by atoms with E-state index in [9.17, 15) is 0 Å². The lowest BCUT2D eigenvalue weighted by Gasteiger charge is -2.08. The van der Waals surface area contributed by atoms with Gasteiger partial charge in [-0.05, 0) is 30.2 Å². The van der Waals surface area contributed by atoms with E-state index in [0.717, 1.165) is 18.0 Å². The largest absolute Gasteiger partial charge is 0.491 e. The highest BCUT2D eigenvalue weighted by Gasteiger charge is 1.95. The number of rotatable bonds is 6. The van der Waals surface area contributed by atoms with Crippen molar-refractivity contribution in [3.63, 3.8) is 0 Å². The molecule has 0 aliphatic carbocycles. The van der Waals surface area contributed by atoms with Crippen LogP contribution in [0.25, 0.3) is 0 Å². The number of nitrogen functional groups attached to an aromatic ring is 1. The Hall–Kier alpha value is -1.22. The minimum Gasteiger partial charge on any atom is -0.491 e. The molecule has 0 radical (unpaired) electrons. The zero-order valence-corrected chi connectivity index (χ0v) is 9.40. The molecule has 84 valence electrons. The lowest BCUT2D eigenvalue weighted by Crippen LogP contribution is -2.10. The van der Waals surface area contributed by atoms with Crippen LogP contribution in [0.15, 0.2) is 24.3 Å². The molecule has 0 heterocycles. The van der Waals surface area contributed by atoms with E-state index in [1.807, 2.05) is 24.3 Å². The van der Waals surface area contributed by atoms with Gasteiger partial charge in [-0.2, -0.15) is 0 Å². The first kappa shape index (κ1) is 11.9. The highest BCUT2D eigenvalue weighted by atomic mass is 16.5. The third kappa shape index (κ3) is 5.27. The van der Waals surface area contributed by atoms with Gasteiger partial charge in [0.15, 0.2) is 0 Å². The van der Waals surface area contributed by atoms with Crippen molar-refractivity contribution in [2.24, 2.45) is 5.92 Å². The molecule has 0 aromatic heterocycles. The minimum absolute atomic E-state index is 0.571. The van der Waals surface area contributed by atoms with E-state index in [0.29, 0.717) is 19.1 Å². The van der Waals surface area contributed by atoms with Crippen molar-refractivity contribution in [2.75, 3.05) is 25.6 Å². The highest BCUT2D eigenvalue weighted by molar-refractivity contribution is 5.41. The summed E-state index contributed by atoms with van der Waals surface area (Å²) in [6.45, 7) is 6.24. The number of benzene rings is 1. The second-order valence-corrected chi connectivity index (χ2v) is 3.89. The molecule has 0 fully saturated rings. The summed E-state index contributed by atoms with van der Waals surface area (Å²) in [6.07, 6.45) is 0. The fourth-order valence-electron chi connectivity index (χ4n) is 1.10. The average Bonchev–Trinajstić information content (AvgIpc) is 2.20. The van der Waals surface area contributed by atoms with Crippen molar-refractivity contribution < 1.29 is 9.47 Å². The topological polar surface area (TPSA) is 44.5 Å². The second kappa shape index (κ2) is 6.30. The molecule has 0 bridgehead atoms. The normalized spacial score (nSPS) is 10.6. The average molecular weight is 209 g/mol. The summed E-state index contributed by atoms with van der Waals surface area (Å²) in [7, 11) is 0. The van der Waals surface area contributed by atoms with Crippen LogP contribution in [0.4, 0.5) is 5.69 Å². The number of hydrogen-bond acceptors (Lipinski definition) is 3. The SMILES string of the molecule is CC(C)COCCOc1ccc(N)cc1. The molecule has 0 spiro atoms.